The molecule has 0 aliphatic heterocycles. The van der Waals surface area contributed by atoms with Crippen molar-refractivity contribution in [2.24, 2.45) is 5.41 Å². The van der Waals surface area contributed by atoms with Gasteiger partial charge in [-0.1, -0.05) is 144 Å². The number of hydrogen-bond donors (Lipinski definition) is 0. The average Bonchev–Trinajstić information content (AvgIpc) is 2.96. The second-order valence-corrected chi connectivity index (χ2v) is 13.2. The van der Waals surface area contributed by atoms with Crippen LogP contribution in [0.3, 0.4) is 0 Å². The highest BCUT2D eigenvalue weighted by molar-refractivity contribution is 5.69. The monoisotopic (exact) mass is 591 g/mol. The van der Waals surface area contributed by atoms with E-state index in [1.54, 1.807) is 0 Å². The van der Waals surface area contributed by atoms with Crippen LogP contribution in [0.1, 0.15) is 157 Å². The van der Waals surface area contributed by atoms with E-state index in [1.165, 1.54) is 107 Å². The minimum absolute atomic E-state index is 0.0812. The SMILES string of the molecule is CCCCCC/C=C\C/C=C\CCCCCCCCCC(=O)OC/C=C(C)/C=C/C=C(C)/C=C/C1=C(C)CCCC1(C)C. The van der Waals surface area contributed by atoms with Crippen molar-refractivity contribution in [2.75, 3.05) is 6.61 Å². The van der Waals surface area contributed by atoms with E-state index in [-0.39, 0.29) is 11.4 Å². The Kier molecular flexibility index (Phi) is 22.5. The summed E-state index contributed by atoms with van der Waals surface area (Å²) in [5, 5.41) is 0. The maximum absolute atomic E-state index is 12.1. The van der Waals surface area contributed by atoms with E-state index in [0.29, 0.717) is 13.0 Å². The second kappa shape index (κ2) is 25.0. The fourth-order valence-corrected chi connectivity index (χ4v) is 5.65. The highest BCUT2D eigenvalue weighted by Crippen LogP contribution is 2.40. The zero-order chi connectivity index (χ0) is 31.6. The van der Waals surface area contributed by atoms with Crippen LogP contribution in [-0.2, 0) is 9.53 Å². The van der Waals surface area contributed by atoms with Gasteiger partial charge in [-0.2, -0.15) is 0 Å². The van der Waals surface area contributed by atoms with Gasteiger partial charge in [-0.15, -0.1) is 0 Å². The van der Waals surface area contributed by atoms with Gasteiger partial charge in [0, 0.05) is 6.42 Å². The summed E-state index contributed by atoms with van der Waals surface area (Å²) >= 11 is 0. The molecule has 0 aromatic heterocycles. The van der Waals surface area contributed by atoms with Crippen LogP contribution in [0.4, 0.5) is 0 Å². The summed E-state index contributed by atoms with van der Waals surface area (Å²) in [6, 6.07) is 0. The molecule has 1 rings (SSSR count). The molecule has 1 aliphatic rings. The Labute approximate surface area is 267 Å². The topological polar surface area (TPSA) is 26.3 Å². The van der Waals surface area contributed by atoms with Crippen molar-refractivity contribution in [1.82, 2.24) is 0 Å². The lowest BCUT2D eigenvalue weighted by Crippen LogP contribution is -2.19. The second-order valence-electron chi connectivity index (χ2n) is 13.2. The molecule has 0 amide bonds. The van der Waals surface area contributed by atoms with Crippen molar-refractivity contribution in [3.8, 4) is 0 Å². The molecular weight excluding hydrogens is 524 g/mol. The summed E-state index contributed by atoms with van der Waals surface area (Å²) in [6.07, 6.45) is 43.8. The van der Waals surface area contributed by atoms with Gasteiger partial charge in [-0.05, 0) is 95.6 Å². The molecule has 0 unspecified atom stereocenters. The van der Waals surface area contributed by atoms with Gasteiger partial charge < -0.3 is 4.74 Å². The van der Waals surface area contributed by atoms with E-state index < -0.39 is 0 Å². The number of allylic oxidation sites excluding steroid dienone is 13. The van der Waals surface area contributed by atoms with Gasteiger partial charge >= 0.3 is 5.97 Å². The van der Waals surface area contributed by atoms with Crippen LogP contribution in [0.25, 0.3) is 0 Å². The first-order valence-electron chi connectivity index (χ1n) is 17.6. The first-order chi connectivity index (χ1) is 20.8. The van der Waals surface area contributed by atoms with E-state index in [9.17, 15) is 4.79 Å². The summed E-state index contributed by atoms with van der Waals surface area (Å²) in [5.74, 6) is -0.0812. The van der Waals surface area contributed by atoms with E-state index in [4.69, 9.17) is 4.74 Å². The molecule has 242 valence electrons. The van der Waals surface area contributed by atoms with E-state index in [0.717, 1.165) is 24.8 Å². The molecule has 0 aromatic rings. The Morgan fingerprint density at radius 2 is 1.44 bits per heavy atom. The van der Waals surface area contributed by atoms with E-state index in [1.807, 2.05) is 13.0 Å². The molecule has 0 radical (unpaired) electrons. The van der Waals surface area contributed by atoms with Crippen LogP contribution < -0.4 is 0 Å². The van der Waals surface area contributed by atoms with Crippen molar-refractivity contribution in [3.05, 3.63) is 83.1 Å². The van der Waals surface area contributed by atoms with E-state index >= 15 is 0 Å². The maximum Gasteiger partial charge on any atom is 0.306 e. The molecule has 43 heavy (non-hydrogen) atoms. The van der Waals surface area contributed by atoms with E-state index in [2.05, 4.69) is 89.3 Å². The van der Waals surface area contributed by atoms with Gasteiger partial charge in [-0.3, -0.25) is 4.79 Å². The number of carbonyl (C=O) groups excluding carboxylic acids is 1. The standard InChI is InChI=1S/C41H66O2/c1-7-8-9-10-11-12-13-14-15-16-17-18-19-20-21-22-23-24-30-40(42)43-35-33-37(3)28-25-27-36(2)31-32-39-38(4)29-26-34-41(39,5)6/h12-13,15-16,25,27-28,31-33H,7-11,14,17-24,26,29-30,34-35H2,1-6H3/b13-12-,16-15-,28-25+,32-31+,36-27+,37-33+. The number of carbonyl (C=O) groups is 1. The molecule has 0 fully saturated rings. The lowest BCUT2D eigenvalue weighted by atomic mass is 9.72. The fourth-order valence-electron chi connectivity index (χ4n) is 5.65. The zero-order valence-corrected chi connectivity index (χ0v) is 29.0. The lowest BCUT2D eigenvalue weighted by molar-refractivity contribution is -0.142. The van der Waals surface area contributed by atoms with Gasteiger partial charge in [0.15, 0.2) is 0 Å². The molecule has 0 spiro atoms. The molecule has 0 aromatic carbocycles. The quantitative estimate of drug-likeness (QED) is 0.0512. The van der Waals surface area contributed by atoms with Crippen LogP contribution in [0.2, 0.25) is 0 Å². The molecule has 1 aliphatic carbocycles. The first-order valence-corrected chi connectivity index (χ1v) is 17.6. The molecule has 2 heteroatoms. The van der Waals surface area contributed by atoms with Crippen LogP contribution >= 0.6 is 0 Å². The third-order valence-electron chi connectivity index (χ3n) is 8.50. The Bertz CT molecular complexity index is 964. The number of hydrogen-bond acceptors (Lipinski definition) is 2. The number of ether oxygens (including phenoxy) is 1. The van der Waals surface area contributed by atoms with Crippen LogP contribution in [0.5, 0.6) is 0 Å². The van der Waals surface area contributed by atoms with Gasteiger partial charge in [0.25, 0.3) is 0 Å². The molecule has 0 heterocycles. The zero-order valence-electron chi connectivity index (χ0n) is 29.0. The van der Waals surface area contributed by atoms with Crippen molar-refractivity contribution >= 4 is 5.97 Å². The summed E-state index contributed by atoms with van der Waals surface area (Å²) in [5.41, 5.74) is 5.63. The Morgan fingerprint density at radius 1 is 0.814 bits per heavy atom. The van der Waals surface area contributed by atoms with Gasteiger partial charge in [0.2, 0.25) is 0 Å². The normalized spacial score (nSPS) is 16.5. The minimum atomic E-state index is -0.0812. The molecule has 0 bridgehead atoms. The summed E-state index contributed by atoms with van der Waals surface area (Å²) < 4.78 is 5.42. The van der Waals surface area contributed by atoms with Crippen LogP contribution in [-0.4, -0.2) is 12.6 Å². The highest BCUT2D eigenvalue weighted by atomic mass is 16.5. The van der Waals surface area contributed by atoms with Crippen molar-refractivity contribution in [1.29, 1.82) is 0 Å². The molecule has 0 saturated heterocycles. The maximum atomic E-state index is 12.1. The molecule has 0 saturated carbocycles. The molecule has 2 nitrogen and oxygen atoms in total. The Hall–Kier alpha value is -2.35. The van der Waals surface area contributed by atoms with Gasteiger partial charge in [-0.25, -0.2) is 0 Å². The van der Waals surface area contributed by atoms with Gasteiger partial charge in [0.05, 0.1) is 0 Å². The Balaban J connectivity index is 2.06. The number of rotatable bonds is 23. The summed E-state index contributed by atoms with van der Waals surface area (Å²) in [6.45, 7) is 13.8. The number of unbranched alkanes of at least 4 members (excludes halogenated alkanes) is 11. The smallest absolute Gasteiger partial charge is 0.306 e. The predicted molar refractivity (Wildman–Crippen MR) is 190 cm³/mol. The largest absolute Gasteiger partial charge is 0.461 e. The van der Waals surface area contributed by atoms with Crippen molar-refractivity contribution in [3.63, 3.8) is 0 Å². The van der Waals surface area contributed by atoms with Crippen molar-refractivity contribution in [2.45, 2.75) is 157 Å². The molecule has 0 N–H and O–H groups in total. The Morgan fingerprint density at radius 3 is 2.09 bits per heavy atom. The molecular formula is C41H66O2. The average molecular weight is 591 g/mol. The fraction of sp³-hybridized carbons (Fsp3) is 0.634. The lowest BCUT2D eigenvalue weighted by Gasteiger charge is -2.32. The van der Waals surface area contributed by atoms with Crippen LogP contribution in [0, 0.1) is 5.41 Å². The predicted octanol–water partition coefficient (Wildman–Crippen LogP) is 13.0. The summed E-state index contributed by atoms with van der Waals surface area (Å²) in [4.78, 5) is 12.1. The first kappa shape index (κ1) is 38.7. The van der Waals surface area contributed by atoms with Gasteiger partial charge in [0.1, 0.15) is 6.61 Å². The van der Waals surface area contributed by atoms with Crippen molar-refractivity contribution < 1.29 is 9.53 Å². The highest BCUT2D eigenvalue weighted by Gasteiger charge is 2.26. The number of esters is 1. The third kappa shape index (κ3) is 21.1. The summed E-state index contributed by atoms with van der Waals surface area (Å²) in [7, 11) is 0. The third-order valence-corrected chi connectivity index (χ3v) is 8.50. The minimum Gasteiger partial charge on any atom is -0.461 e. The van der Waals surface area contributed by atoms with Crippen LogP contribution in [0.15, 0.2) is 83.1 Å². The molecule has 0 atom stereocenters.